The lowest BCUT2D eigenvalue weighted by atomic mass is 9.86. The first-order chi connectivity index (χ1) is 12.5. The van der Waals surface area contributed by atoms with Gasteiger partial charge in [-0.25, -0.2) is 4.79 Å². The highest BCUT2D eigenvalue weighted by Gasteiger charge is 2.31. The van der Waals surface area contributed by atoms with Crippen molar-refractivity contribution < 1.29 is 24.2 Å². The summed E-state index contributed by atoms with van der Waals surface area (Å²) in [6.07, 6.45) is 2.28. The fraction of sp³-hybridized carbons (Fsp3) is 0.389. The van der Waals surface area contributed by atoms with Crippen LogP contribution in [0.5, 0.6) is 5.75 Å². The number of aliphatic carboxylic acids is 1. The molecule has 0 saturated heterocycles. The summed E-state index contributed by atoms with van der Waals surface area (Å²) < 4.78 is 5.26. The Hall–Kier alpha value is -3.03. The van der Waals surface area contributed by atoms with Crippen molar-refractivity contribution in [3.05, 3.63) is 41.7 Å². The van der Waals surface area contributed by atoms with Crippen molar-refractivity contribution in [3.8, 4) is 5.75 Å². The average molecular weight is 359 g/mol. The van der Waals surface area contributed by atoms with Crippen molar-refractivity contribution in [1.82, 2.24) is 16.0 Å². The summed E-state index contributed by atoms with van der Waals surface area (Å²) >= 11 is 0. The van der Waals surface area contributed by atoms with Crippen LogP contribution in [0.4, 0.5) is 0 Å². The van der Waals surface area contributed by atoms with Crippen molar-refractivity contribution in [3.63, 3.8) is 0 Å². The molecule has 1 aliphatic heterocycles. The highest BCUT2D eigenvalue weighted by molar-refractivity contribution is 6.03. The summed E-state index contributed by atoms with van der Waals surface area (Å²) in [5.74, 6) is -1.77. The van der Waals surface area contributed by atoms with Crippen LogP contribution < -0.4 is 20.7 Å². The summed E-state index contributed by atoms with van der Waals surface area (Å²) in [5, 5.41) is 17.6. The van der Waals surface area contributed by atoms with Gasteiger partial charge in [0.25, 0.3) is 5.91 Å². The summed E-state index contributed by atoms with van der Waals surface area (Å²) in [6, 6.07) is 8.52. The molecule has 1 fully saturated rings. The van der Waals surface area contributed by atoms with Gasteiger partial charge in [0.1, 0.15) is 11.4 Å². The average Bonchev–Trinajstić information content (AvgIpc) is 3.13. The predicted molar refractivity (Wildman–Crippen MR) is 91.8 cm³/mol. The van der Waals surface area contributed by atoms with Gasteiger partial charge in [-0.3, -0.25) is 9.59 Å². The van der Waals surface area contributed by atoms with Crippen molar-refractivity contribution in [1.29, 1.82) is 0 Å². The molecule has 138 valence electrons. The van der Waals surface area contributed by atoms with Crippen LogP contribution in [-0.2, 0) is 14.4 Å². The Labute approximate surface area is 150 Å². The SMILES string of the molecule is O=C(NC1CCC(C(=O)O)CC1)C1=C(C(=O)Oc2ccccc2)NCN1. The molecule has 0 atom stereocenters. The van der Waals surface area contributed by atoms with E-state index in [0.717, 1.165) is 0 Å². The monoisotopic (exact) mass is 359 g/mol. The number of amides is 1. The quantitative estimate of drug-likeness (QED) is 0.452. The standard InChI is InChI=1S/C18H21N3O5/c22-16(21-12-8-6-11(7-9-12)17(23)24)14-15(20-10-19-14)18(25)26-13-4-2-1-3-5-13/h1-5,11-12,19-20H,6-10H2,(H,21,22)(H,23,24). The number of esters is 1. The van der Waals surface area contributed by atoms with E-state index in [1.807, 2.05) is 6.07 Å². The number of carboxylic acids is 1. The smallest absolute Gasteiger partial charge is 0.362 e. The van der Waals surface area contributed by atoms with E-state index < -0.39 is 17.8 Å². The van der Waals surface area contributed by atoms with Gasteiger partial charge in [-0.15, -0.1) is 0 Å². The summed E-state index contributed by atoms with van der Waals surface area (Å²) in [6.45, 7) is 0.258. The number of hydrogen-bond acceptors (Lipinski definition) is 6. The minimum atomic E-state index is -0.787. The van der Waals surface area contributed by atoms with Crippen molar-refractivity contribution in [2.75, 3.05) is 6.67 Å². The van der Waals surface area contributed by atoms with Crippen molar-refractivity contribution >= 4 is 17.8 Å². The molecule has 8 heteroatoms. The third-order valence-corrected chi connectivity index (χ3v) is 4.58. The normalized spacial score (nSPS) is 22.2. The van der Waals surface area contributed by atoms with Crippen LogP contribution in [0.25, 0.3) is 0 Å². The number of para-hydroxylation sites is 1. The second-order valence-corrected chi connectivity index (χ2v) is 6.34. The van der Waals surface area contributed by atoms with Crippen LogP contribution in [0.2, 0.25) is 0 Å². The predicted octanol–water partition coefficient (Wildman–Crippen LogP) is 0.713. The molecule has 1 saturated carbocycles. The lowest BCUT2D eigenvalue weighted by Gasteiger charge is -2.27. The topological polar surface area (TPSA) is 117 Å². The molecule has 4 N–H and O–H groups in total. The van der Waals surface area contributed by atoms with E-state index in [4.69, 9.17) is 9.84 Å². The van der Waals surface area contributed by atoms with E-state index in [9.17, 15) is 14.4 Å². The van der Waals surface area contributed by atoms with E-state index in [2.05, 4.69) is 16.0 Å². The molecule has 1 aromatic rings. The van der Waals surface area contributed by atoms with E-state index in [1.54, 1.807) is 24.3 Å². The summed E-state index contributed by atoms with van der Waals surface area (Å²) in [4.78, 5) is 35.8. The summed E-state index contributed by atoms with van der Waals surface area (Å²) in [5.41, 5.74) is 0.233. The molecular weight excluding hydrogens is 338 g/mol. The van der Waals surface area contributed by atoms with Gasteiger partial charge in [0.2, 0.25) is 0 Å². The number of carbonyl (C=O) groups is 3. The van der Waals surface area contributed by atoms with E-state index in [-0.39, 0.29) is 30.0 Å². The third kappa shape index (κ3) is 4.14. The number of nitrogens with one attached hydrogen (secondary N) is 3. The molecule has 0 spiro atoms. The van der Waals surface area contributed by atoms with Crippen LogP contribution in [0, 0.1) is 5.92 Å². The Bertz CT molecular complexity index is 724. The molecule has 0 unspecified atom stereocenters. The first-order valence-electron chi connectivity index (χ1n) is 8.57. The van der Waals surface area contributed by atoms with Gasteiger partial charge in [-0.2, -0.15) is 0 Å². The molecule has 1 heterocycles. The Balaban J connectivity index is 1.61. The zero-order valence-corrected chi connectivity index (χ0v) is 14.2. The first-order valence-corrected chi connectivity index (χ1v) is 8.57. The van der Waals surface area contributed by atoms with Crippen LogP contribution in [0.15, 0.2) is 41.7 Å². The van der Waals surface area contributed by atoms with Gasteiger partial charge < -0.3 is 25.8 Å². The van der Waals surface area contributed by atoms with Crippen LogP contribution in [-0.4, -0.2) is 35.7 Å². The second kappa shape index (κ2) is 7.90. The zero-order valence-electron chi connectivity index (χ0n) is 14.2. The molecule has 1 aliphatic carbocycles. The van der Waals surface area contributed by atoms with E-state index in [0.29, 0.717) is 31.4 Å². The lowest BCUT2D eigenvalue weighted by molar-refractivity contribution is -0.143. The highest BCUT2D eigenvalue weighted by atomic mass is 16.5. The first kappa shape index (κ1) is 17.8. The number of benzene rings is 1. The minimum Gasteiger partial charge on any atom is -0.481 e. The van der Waals surface area contributed by atoms with Gasteiger partial charge in [0, 0.05) is 6.04 Å². The molecule has 2 aliphatic rings. The Morgan fingerprint density at radius 2 is 1.65 bits per heavy atom. The fourth-order valence-electron chi connectivity index (χ4n) is 3.15. The molecule has 0 aromatic heterocycles. The van der Waals surface area contributed by atoms with Crippen LogP contribution in [0.3, 0.4) is 0 Å². The molecule has 3 rings (SSSR count). The van der Waals surface area contributed by atoms with Gasteiger partial charge in [-0.1, -0.05) is 18.2 Å². The van der Waals surface area contributed by atoms with Gasteiger partial charge in [0.15, 0.2) is 5.70 Å². The Morgan fingerprint density at radius 3 is 2.31 bits per heavy atom. The highest BCUT2D eigenvalue weighted by Crippen LogP contribution is 2.24. The number of ether oxygens (including phenoxy) is 1. The van der Waals surface area contributed by atoms with E-state index >= 15 is 0 Å². The number of carboxylic acid groups (broad SMARTS) is 1. The summed E-state index contributed by atoms with van der Waals surface area (Å²) in [7, 11) is 0. The molecule has 1 aromatic carbocycles. The van der Waals surface area contributed by atoms with Gasteiger partial charge in [0.05, 0.1) is 12.6 Å². The second-order valence-electron chi connectivity index (χ2n) is 6.34. The van der Waals surface area contributed by atoms with Crippen molar-refractivity contribution in [2.24, 2.45) is 5.92 Å². The molecule has 0 radical (unpaired) electrons. The van der Waals surface area contributed by atoms with Crippen molar-refractivity contribution in [2.45, 2.75) is 31.7 Å². The maximum atomic E-state index is 12.5. The van der Waals surface area contributed by atoms with Gasteiger partial charge in [-0.05, 0) is 37.8 Å². The Kier molecular flexibility index (Phi) is 5.40. The Morgan fingerprint density at radius 1 is 1.00 bits per heavy atom. The van der Waals surface area contributed by atoms with Crippen LogP contribution >= 0.6 is 0 Å². The van der Waals surface area contributed by atoms with Gasteiger partial charge >= 0.3 is 11.9 Å². The molecule has 1 amide bonds. The zero-order chi connectivity index (χ0) is 18.5. The minimum absolute atomic E-state index is 0.0885. The maximum Gasteiger partial charge on any atom is 0.362 e. The largest absolute Gasteiger partial charge is 0.481 e. The number of rotatable bonds is 5. The molecule has 8 nitrogen and oxygen atoms in total. The lowest BCUT2D eigenvalue weighted by Crippen LogP contribution is -2.41. The third-order valence-electron chi connectivity index (χ3n) is 4.58. The number of hydrogen-bond donors (Lipinski definition) is 4. The molecule has 0 bridgehead atoms. The molecular formula is C18H21N3O5. The molecule has 26 heavy (non-hydrogen) atoms. The van der Waals surface area contributed by atoms with E-state index in [1.165, 1.54) is 0 Å². The fourth-order valence-corrected chi connectivity index (χ4v) is 3.15. The van der Waals surface area contributed by atoms with Crippen LogP contribution in [0.1, 0.15) is 25.7 Å². The maximum absolute atomic E-state index is 12.5. The number of carbonyl (C=O) groups excluding carboxylic acids is 2.